The first-order valence-electron chi connectivity index (χ1n) is 11.1. The maximum Gasteiger partial charge on any atom is 0.275 e. The first-order chi connectivity index (χ1) is 16.3. The second-order valence-electron chi connectivity index (χ2n) is 8.33. The van der Waals surface area contributed by atoms with Gasteiger partial charge >= 0.3 is 0 Å². The molecule has 1 unspecified atom stereocenters. The van der Waals surface area contributed by atoms with Crippen LogP contribution in [0.15, 0.2) is 127 Å². The van der Waals surface area contributed by atoms with Gasteiger partial charge in [0, 0.05) is 11.4 Å². The van der Waals surface area contributed by atoms with E-state index in [0.717, 1.165) is 33.1 Å². The van der Waals surface area contributed by atoms with E-state index in [1.165, 1.54) is 5.39 Å². The van der Waals surface area contributed by atoms with Crippen LogP contribution in [-0.4, -0.2) is 5.91 Å². The number of anilines is 2. The molecule has 1 aliphatic heterocycles. The van der Waals surface area contributed by atoms with Gasteiger partial charge in [-0.05, 0) is 57.4 Å². The Hall–Kier alpha value is -4.37. The normalized spacial score (nSPS) is 15.8. The van der Waals surface area contributed by atoms with Crippen molar-refractivity contribution < 1.29 is 4.79 Å². The highest BCUT2D eigenvalue weighted by atomic mass is 16.2. The molecule has 0 fully saturated rings. The lowest BCUT2D eigenvalue weighted by atomic mass is 10.0. The molecule has 1 heterocycles. The van der Waals surface area contributed by atoms with Crippen LogP contribution in [0, 0.1) is 0 Å². The number of carbonyl (C=O) groups excluding carboxylic acids is 1. The lowest BCUT2D eigenvalue weighted by Gasteiger charge is -2.25. The number of nitrogens with zero attached hydrogens (tertiary/aromatic N) is 1. The van der Waals surface area contributed by atoms with Gasteiger partial charge in [-0.15, -0.1) is 0 Å². The molecule has 0 aromatic heterocycles. The van der Waals surface area contributed by atoms with E-state index in [1.54, 1.807) is 0 Å². The van der Waals surface area contributed by atoms with E-state index in [9.17, 15) is 4.79 Å². The van der Waals surface area contributed by atoms with Crippen LogP contribution >= 0.6 is 0 Å². The van der Waals surface area contributed by atoms with Gasteiger partial charge in [0.1, 0.15) is 5.70 Å². The molecule has 3 nitrogen and oxygen atoms in total. The Morgan fingerprint density at radius 3 is 1.94 bits per heavy atom. The SMILES string of the molecule is O=C1C(Nc2ccc3ccccc3c2)=CC(c2ccccc2)N1c1ccc2ccccc2c1. The highest BCUT2D eigenvalue weighted by Gasteiger charge is 2.34. The first kappa shape index (κ1) is 19.3. The van der Waals surface area contributed by atoms with Crippen molar-refractivity contribution in [1.82, 2.24) is 0 Å². The molecule has 33 heavy (non-hydrogen) atoms. The van der Waals surface area contributed by atoms with E-state index in [4.69, 9.17) is 0 Å². The summed E-state index contributed by atoms with van der Waals surface area (Å²) in [7, 11) is 0. The molecule has 1 N–H and O–H groups in total. The summed E-state index contributed by atoms with van der Waals surface area (Å²) in [6.07, 6.45) is 2.03. The van der Waals surface area contributed by atoms with Gasteiger partial charge in [0.2, 0.25) is 0 Å². The largest absolute Gasteiger partial charge is 0.351 e. The Morgan fingerprint density at radius 2 is 1.21 bits per heavy atom. The van der Waals surface area contributed by atoms with E-state index < -0.39 is 0 Å². The van der Waals surface area contributed by atoms with Crippen LogP contribution in [-0.2, 0) is 4.79 Å². The number of carbonyl (C=O) groups is 1. The molecule has 0 aliphatic carbocycles. The zero-order valence-corrected chi connectivity index (χ0v) is 18.0. The van der Waals surface area contributed by atoms with Crippen molar-refractivity contribution in [2.24, 2.45) is 0 Å². The van der Waals surface area contributed by atoms with Crippen molar-refractivity contribution >= 4 is 38.8 Å². The van der Waals surface area contributed by atoms with Gasteiger partial charge in [-0.2, -0.15) is 0 Å². The molecular weight excluding hydrogens is 404 g/mol. The molecule has 0 radical (unpaired) electrons. The van der Waals surface area contributed by atoms with Crippen LogP contribution in [0.4, 0.5) is 11.4 Å². The zero-order chi connectivity index (χ0) is 22.2. The fraction of sp³-hybridized carbons (Fsp3) is 0.0333. The van der Waals surface area contributed by atoms with Gasteiger partial charge in [-0.1, -0.05) is 91.0 Å². The standard InChI is InChI=1S/C30H22N2O/c33-30-28(31-26-16-14-21-8-4-6-12-24(21)18-26)20-29(23-10-2-1-3-11-23)32(30)27-17-15-22-9-5-7-13-25(22)19-27/h1-20,29,31H. The molecular formula is C30H22N2O. The molecule has 5 aromatic carbocycles. The smallest absolute Gasteiger partial charge is 0.275 e. The summed E-state index contributed by atoms with van der Waals surface area (Å²) < 4.78 is 0. The molecule has 1 aliphatic rings. The Bertz CT molecular complexity index is 1520. The second kappa shape index (κ2) is 7.95. The Morgan fingerprint density at radius 1 is 0.606 bits per heavy atom. The summed E-state index contributed by atoms with van der Waals surface area (Å²) >= 11 is 0. The zero-order valence-electron chi connectivity index (χ0n) is 18.0. The van der Waals surface area contributed by atoms with Gasteiger partial charge < -0.3 is 5.32 Å². The molecule has 6 rings (SSSR count). The lowest BCUT2D eigenvalue weighted by Crippen LogP contribution is -2.30. The Balaban J connectivity index is 1.40. The van der Waals surface area contributed by atoms with Gasteiger partial charge in [-0.3, -0.25) is 9.69 Å². The third-order valence-corrected chi connectivity index (χ3v) is 6.23. The minimum absolute atomic E-state index is 0.0349. The number of fused-ring (bicyclic) bond motifs is 2. The summed E-state index contributed by atoms with van der Waals surface area (Å²) in [4.78, 5) is 15.6. The number of nitrogens with one attached hydrogen (secondary N) is 1. The van der Waals surface area contributed by atoms with Crippen molar-refractivity contribution in [2.45, 2.75) is 6.04 Å². The minimum Gasteiger partial charge on any atom is -0.351 e. The number of rotatable bonds is 4. The number of benzene rings is 5. The number of hydrogen-bond donors (Lipinski definition) is 1. The average molecular weight is 427 g/mol. The topological polar surface area (TPSA) is 32.3 Å². The maximum atomic E-state index is 13.7. The van der Waals surface area contributed by atoms with Crippen molar-refractivity contribution in [2.75, 3.05) is 10.2 Å². The molecule has 1 atom stereocenters. The number of hydrogen-bond acceptors (Lipinski definition) is 2. The molecule has 0 saturated carbocycles. The van der Waals surface area contributed by atoms with Crippen LogP contribution in [0.1, 0.15) is 11.6 Å². The third kappa shape index (κ3) is 3.54. The summed E-state index contributed by atoms with van der Waals surface area (Å²) in [5.74, 6) is -0.0349. The van der Waals surface area contributed by atoms with Gasteiger partial charge in [-0.25, -0.2) is 0 Å². The van der Waals surface area contributed by atoms with Gasteiger partial charge in [0.15, 0.2) is 0 Å². The third-order valence-electron chi connectivity index (χ3n) is 6.23. The van der Waals surface area contributed by atoms with E-state index >= 15 is 0 Å². The maximum absolute atomic E-state index is 13.7. The molecule has 1 amide bonds. The van der Waals surface area contributed by atoms with Crippen LogP contribution in [0.5, 0.6) is 0 Å². The summed E-state index contributed by atoms with van der Waals surface area (Å²) in [5, 5.41) is 7.98. The minimum atomic E-state index is -0.178. The quantitative estimate of drug-likeness (QED) is 0.333. The van der Waals surface area contributed by atoms with Crippen molar-refractivity contribution in [3.05, 3.63) is 133 Å². The van der Waals surface area contributed by atoms with Crippen molar-refractivity contribution in [1.29, 1.82) is 0 Å². The highest BCUT2D eigenvalue weighted by Crippen LogP contribution is 2.37. The van der Waals surface area contributed by atoms with E-state index in [0.29, 0.717) is 5.70 Å². The molecule has 0 saturated heterocycles. The van der Waals surface area contributed by atoms with E-state index in [-0.39, 0.29) is 11.9 Å². The van der Waals surface area contributed by atoms with Crippen LogP contribution < -0.4 is 10.2 Å². The Labute approximate surface area is 192 Å². The summed E-state index contributed by atoms with van der Waals surface area (Å²) in [6, 6.07) is 38.8. The molecule has 158 valence electrons. The van der Waals surface area contributed by atoms with Crippen LogP contribution in [0.2, 0.25) is 0 Å². The predicted octanol–water partition coefficient (Wildman–Crippen LogP) is 7.08. The van der Waals surface area contributed by atoms with Gasteiger partial charge in [0.05, 0.1) is 6.04 Å². The van der Waals surface area contributed by atoms with E-state index in [1.807, 2.05) is 65.6 Å². The highest BCUT2D eigenvalue weighted by molar-refractivity contribution is 6.11. The van der Waals surface area contributed by atoms with Crippen molar-refractivity contribution in [3.63, 3.8) is 0 Å². The van der Waals surface area contributed by atoms with Crippen LogP contribution in [0.3, 0.4) is 0 Å². The van der Waals surface area contributed by atoms with Crippen LogP contribution in [0.25, 0.3) is 21.5 Å². The second-order valence-corrected chi connectivity index (χ2v) is 8.33. The fourth-order valence-corrected chi connectivity index (χ4v) is 4.58. The lowest BCUT2D eigenvalue weighted by molar-refractivity contribution is -0.114. The van der Waals surface area contributed by atoms with E-state index in [2.05, 4.69) is 66.0 Å². The monoisotopic (exact) mass is 426 g/mol. The summed E-state index contributed by atoms with van der Waals surface area (Å²) in [5.41, 5.74) is 3.46. The predicted molar refractivity (Wildman–Crippen MR) is 136 cm³/mol. The average Bonchev–Trinajstić information content (AvgIpc) is 3.20. The fourth-order valence-electron chi connectivity index (χ4n) is 4.58. The number of amides is 1. The molecule has 0 spiro atoms. The molecule has 5 aromatic rings. The summed E-state index contributed by atoms with van der Waals surface area (Å²) in [6.45, 7) is 0. The van der Waals surface area contributed by atoms with Gasteiger partial charge in [0.25, 0.3) is 5.91 Å². The first-order valence-corrected chi connectivity index (χ1v) is 11.1. The molecule has 0 bridgehead atoms. The molecule has 3 heteroatoms. The Kier molecular flexibility index (Phi) is 4.66. The van der Waals surface area contributed by atoms with Crippen molar-refractivity contribution in [3.8, 4) is 0 Å².